The van der Waals surface area contributed by atoms with E-state index in [1.807, 2.05) is 12.1 Å². The lowest BCUT2D eigenvalue weighted by Gasteiger charge is -2.09. The number of nitrogens with one attached hydrogen (secondary N) is 2. The third-order valence-corrected chi connectivity index (χ3v) is 4.21. The van der Waals surface area contributed by atoms with Gasteiger partial charge in [0.1, 0.15) is 6.33 Å². The highest BCUT2D eigenvalue weighted by Gasteiger charge is 2.08. The first-order chi connectivity index (χ1) is 13.5. The lowest BCUT2D eigenvalue weighted by Crippen LogP contribution is -2.20. The van der Waals surface area contributed by atoms with Crippen molar-refractivity contribution < 1.29 is 9.53 Å². The Labute approximate surface area is 168 Å². The third-order valence-electron chi connectivity index (χ3n) is 4.01. The number of hydrogen-bond acceptors (Lipinski definition) is 5. The maximum atomic E-state index is 11.7. The van der Waals surface area contributed by atoms with Gasteiger partial charge in [-0.15, -0.1) is 5.10 Å². The molecule has 0 aliphatic carbocycles. The number of anilines is 2. The molecule has 144 valence electrons. The summed E-state index contributed by atoms with van der Waals surface area (Å²) in [6.07, 6.45) is 1.66. The number of aromatic nitrogens is 3. The minimum atomic E-state index is -0.349. The van der Waals surface area contributed by atoms with E-state index in [-0.39, 0.29) is 5.97 Å². The summed E-state index contributed by atoms with van der Waals surface area (Å²) in [5.74, 6) is 0.0624. The summed E-state index contributed by atoms with van der Waals surface area (Å²) < 4.78 is 6.72. The fourth-order valence-corrected chi connectivity index (χ4v) is 2.77. The van der Waals surface area contributed by atoms with Crippen LogP contribution in [-0.4, -0.2) is 32.5 Å². The van der Waals surface area contributed by atoms with Crippen molar-refractivity contribution in [1.82, 2.24) is 14.8 Å². The lowest BCUT2D eigenvalue weighted by molar-refractivity contribution is 0.0526. The van der Waals surface area contributed by atoms with E-state index >= 15 is 0 Å². The number of esters is 1. The molecular weight excluding hydrogens is 374 g/mol. The first-order valence-corrected chi connectivity index (χ1v) is 9.25. The van der Waals surface area contributed by atoms with Gasteiger partial charge in [-0.1, -0.05) is 24.3 Å². The van der Waals surface area contributed by atoms with Crippen LogP contribution in [0.2, 0.25) is 0 Å². The first kappa shape index (κ1) is 19.5. The Kier molecular flexibility index (Phi) is 6.33. The zero-order valence-corrected chi connectivity index (χ0v) is 16.5. The van der Waals surface area contributed by atoms with E-state index in [4.69, 9.17) is 17.0 Å². The normalized spacial score (nSPS) is 10.4. The molecule has 3 aromatic rings. The maximum absolute atomic E-state index is 11.7. The Hall–Kier alpha value is -3.26. The molecule has 8 heteroatoms. The van der Waals surface area contributed by atoms with Gasteiger partial charge in [0.15, 0.2) is 5.11 Å². The average molecular weight is 395 g/mol. The molecule has 2 aromatic carbocycles. The van der Waals surface area contributed by atoms with Gasteiger partial charge < -0.3 is 10.1 Å². The van der Waals surface area contributed by atoms with E-state index in [0.29, 0.717) is 29.8 Å². The highest BCUT2D eigenvalue weighted by atomic mass is 32.1. The van der Waals surface area contributed by atoms with Crippen LogP contribution in [0.15, 0.2) is 54.9 Å². The van der Waals surface area contributed by atoms with Crippen molar-refractivity contribution in [3.05, 3.63) is 71.5 Å². The van der Waals surface area contributed by atoms with Gasteiger partial charge in [-0.25, -0.2) is 14.5 Å². The van der Waals surface area contributed by atoms with Gasteiger partial charge in [0.2, 0.25) is 5.95 Å². The second-order valence-corrected chi connectivity index (χ2v) is 6.48. The molecule has 0 saturated carbocycles. The minimum absolute atomic E-state index is 0.344. The van der Waals surface area contributed by atoms with Gasteiger partial charge in [-0.05, 0) is 61.5 Å². The topological polar surface area (TPSA) is 81.1 Å². The maximum Gasteiger partial charge on any atom is 0.338 e. The number of carbonyl (C=O) groups excluding carboxylic acids is 1. The zero-order chi connectivity index (χ0) is 19.9. The van der Waals surface area contributed by atoms with Crippen LogP contribution in [0.5, 0.6) is 0 Å². The van der Waals surface area contributed by atoms with Crippen molar-refractivity contribution in [2.24, 2.45) is 0 Å². The van der Waals surface area contributed by atoms with Crippen LogP contribution < -0.4 is 10.6 Å². The summed E-state index contributed by atoms with van der Waals surface area (Å²) in [4.78, 5) is 15.9. The molecular formula is C20H21N5O2S. The molecule has 1 aromatic heterocycles. The monoisotopic (exact) mass is 395 g/mol. The van der Waals surface area contributed by atoms with Crippen LogP contribution in [0, 0.1) is 6.92 Å². The summed E-state index contributed by atoms with van der Waals surface area (Å²) in [6.45, 7) is 4.82. The van der Waals surface area contributed by atoms with Gasteiger partial charge in [0.05, 0.1) is 18.7 Å². The lowest BCUT2D eigenvalue weighted by atomic mass is 10.1. The fraction of sp³-hybridized carbons (Fsp3) is 0.200. The SMILES string of the molecule is CCOC(=O)c1ccc(NC(=S)Nc2ncn(Cc3ccccc3C)n2)cc1. The predicted molar refractivity (Wildman–Crippen MR) is 113 cm³/mol. The molecule has 0 unspecified atom stereocenters. The molecule has 0 saturated heterocycles. The fourth-order valence-electron chi connectivity index (χ4n) is 2.56. The number of hydrogen-bond donors (Lipinski definition) is 2. The molecule has 7 nitrogen and oxygen atoms in total. The van der Waals surface area contributed by atoms with E-state index in [0.717, 1.165) is 5.69 Å². The Balaban J connectivity index is 1.56. The van der Waals surface area contributed by atoms with Crippen LogP contribution in [0.25, 0.3) is 0 Å². The van der Waals surface area contributed by atoms with Crippen LogP contribution in [0.4, 0.5) is 11.6 Å². The molecule has 0 fully saturated rings. The number of ether oxygens (including phenoxy) is 1. The highest BCUT2D eigenvalue weighted by molar-refractivity contribution is 7.80. The Morgan fingerprint density at radius 1 is 1.14 bits per heavy atom. The zero-order valence-electron chi connectivity index (χ0n) is 15.7. The van der Waals surface area contributed by atoms with Gasteiger partial charge in [-0.3, -0.25) is 5.32 Å². The number of thiocarbonyl (C=S) groups is 1. The van der Waals surface area contributed by atoms with Gasteiger partial charge in [0, 0.05) is 5.69 Å². The molecule has 0 bridgehead atoms. The van der Waals surface area contributed by atoms with Crippen LogP contribution in [-0.2, 0) is 11.3 Å². The molecule has 28 heavy (non-hydrogen) atoms. The Bertz CT molecular complexity index is 969. The van der Waals surface area contributed by atoms with E-state index < -0.39 is 0 Å². The summed E-state index contributed by atoms with van der Waals surface area (Å²) in [6, 6.07) is 15.0. The summed E-state index contributed by atoms with van der Waals surface area (Å²) >= 11 is 5.30. The predicted octanol–water partition coefficient (Wildman–Crippen LogP) is 3.62. The van der Waals surface area contributed by atoms with Gasteiger partial charge in [-0.2, -0.15) is 0 Å². The van der Waals surface area contributed by atoms with Gasteiger partial charge >= 0.3 is 5.97 Å². The molecule has 0 spiro atoms. The molecule has 0 aliphatic heterocycles. The second-order valence-electron chi connectivity index (χ2n) is 6.07. The van der Waals surface area contributed by atoms with Crippen molar-refractivity contribution in [3.63, 3.8) is 0 Å². The van der Waals surface area contributed by atoms with Crippen molar-refractivity contribution in [2.45, 2.75) is 20.4 Å². The van der Waals surface area contributed by atoms with Crippen molar-refractivity contribution >= 4 is 34.9 Å². The van der Waals surface area contributed by atoms with Crippen LogP contribution >= 0.6 is 12.2 Å². The summed E-state index contributed by atoms with van der Waals surface area (Å²) in [5.41, 5.74) is 3.62. The van der Waals surface area contributed by atoms with Crippen molar-refractivity contribution in [1.29, 1.82) is 0 Å². The highest BCUT2D eigenvalue weighted by Crippen LogP contribution is 2.12. The largest absolute Gasteiger partial charge is 0.462 e. The van der Waals surface area contributed by atoms with Gasteiger partial charge in [0.25, 0.3) is 0 Å². The van der Waals surface area contributed by atoms with Crippen molar-refractivity contribution in [2.75, 3.05) is 17.2 Å². The number of rotatable bonds is 6. The Morgan fingerprint density at radius 2 is 1.89 bits per heavy atom. The smallest absolute Gasteiger partial charge is 0.338 e. The van der Waals surface area contributed by atoms with Crippen molar-refractivity contribution in [3.8, 4) is 0 Å². The number of nitrogens with zero attached hydrogens (tertiary/aromatic N) is 3. The number of aryl methyl sites for hydroxylation is 1. The molecule has 0 radical (unpaired) electrons. The summed E-state index contributed by atoms with van der Waals surface area (Å²) in [7, 11) is 0. The van der Waals surface area contributed by atoms with E-state index in [1.165, 1.54) is 11.1 Å². The quantitative estimate of drug-likeness (QED) is 0.487. The Morgan fingerprint density at radius 3 is 2.61 bits per heavy atom. The molecule has 0 atom stereocenters. The first-order valence-electron chi connectivity index (χ1n) is 8.84. The van der Waals surface area contributed by atoms with E-state index in [1.54, 1.807) is 42.2 Å². The molecule has 0 amide bonds. The van der Waals surface area contributed by atoms with E-state index in [9.17, 15) is 4.79 Å². The third kappa shape index (κ3) is 5.14. The summed E-state index contributed by atoms with van der Waals surface area (Å²) in [5, 5.41) is 10.7. The molecule has 0 aliphatic rings. The average Bonchev–Trinajstić information content (AvgIpc) is 3.11. The molecule has 2 N–H and O–H groups in total. The number of benzene rings is 2. The van der Waals surface area contributed by atoms with E-state index in [2.05, 4.69) is 39.8 Å². The number of carbonyl (C=O) groups is 1. The second kappa shape index (κ2) is 9.09. The van der Waals surface area contributed by atoms with Crippen LogP contribution in [0.1, 0.15) is 28.4 Å². The standard InChI is InChI=1S/C20H21N5O2S/c1-3-27-18(26)15-8-10-17(11-9-15)22-20(28)23-19-21-13-25(24-19)12-16-7-5-4-6-14(16)2/h4-11,13H,3,12H2,1-2H3,(H2,22,23,24,28). The molecule has 1 heterocycles. The minimum Gasteiger partial charge on any atom is -0.462 e. The molecule has 3 rings (SSSR count). The van der Waals surface area contributed by atoms with Crippen LogP contribution in [0.3, 0.4) is 0 Å².